The lowest BCUT2D eigenvalue weighted by Gasteiger charge is -2.12. The largest absolute Gasteiger partial charge is 0.309 e. The highest BCUT2D eigenvalue weighted by Gasteiger charge is 2.24. The van der Waals surface area contributed by atoms with Gasteiger partial charge in [0.2, 0.25) is 11.9 Å². The molecule has 6 aromatic heterocycles. The van der Waals surface area contributed by atoms with E-state index in [1.54, 1.807) is 11.3 Å². The summed E-state index contributed by atoms with van der Waals surface area (Å²) < 4.78 is 7.98. The van der Waals surface area contributed by atoms with E-state index in [4.69, 9.17) is 19.9 Å². The minimum atomic E-state index is 0.643. The second-order valence-corrected chi connectivity index (χ2v) is 23.2. The number of rotatable bonds is 8. The van der Waals surface area contributed by atoms with Gasteiger partial charge in [-0.2, -0.15) is 0 Å². The number of thiophene rings is 1. The number of fused-ring (bicyclic) bond motifs is 13. The molecule has 0 unspecified atom stereocenters. The highest BCUT2D eigenvalue weighted by Crippen LogP contribution is 2.44. The molecule has 0 radical (unpaired) electrons. The molecular formula is C78H47N7S. The van der Waals surface area contributed by atoms with E-state index in [1.165, 1.54) is 32.5 Å². The second kappa shape index (κ2) is 19.1. The van der Waals surface area contributed by atoms with Crippen LogP contribution in [-0.4, -0.2) is 33.6 Å². The van der Waals surface area contributed by atoms with Gasteiger partial charge in [-0.25, -0.2) is 19.9 Å². The molecule has 0 atom stereocenters. The molecule has 0 aliphatic heterocycles. The van der Waals surface area contributed by atoms with Crippen LogP contribution in [0.25, 0.3) is 170 Å². The van der Waals surface area contributed by atoms with Gasteiger partial charge in [-0.05, 0) is 124 Å². The van der Waals surface area contributed by atoms with Gasteiger partial charge in [0.15, 0.2) is 0 Å². The molecule has 7 nitrogen and oxygen atoms in total. The molecule has 8 heteroatoms. The van der Waals surface area contributed by atoms with Crippen molar-refractivity contribution in [3.63, 3.8) is 0 Å². The Balaban J connectivity index is 0.806. The average molecular weight is 1110 g/mol. The highest BCUT2D eigenvalue weighted by molar-refractivity contribution is 7.22. The smallest absolute Gasteiger partial charge is 0.235 e. The van der Waals surface area contributed by atoms with E-state index in [0.29, 0.717) is 11.9 Å². The monoisotopic (exact) mass is 1110 g/mol. The molecule has 6 heterocycles. The van der Waals surface area contributed by atoms with Crippen LogP contribution in [-0.2, 0) is 0 Å². The van der Waals surface area contributed by atoms with E-state index in [0.717, 1.165) is 126 Å². The SMILES string of the molecule is c1ccc(-c2cc3nc(-n4c5ccc(-c6ccc7c(c6)c6cc(-c8ccc9c(c8)c8ccccc8n9-c8nc(-c9ccccc9)c9ccccc9n8)ccc6n7-c6ccccc6)cc5c5c6ccccc6ccc54)nc(-c4ccccc4)c3s2)cc1. The van der Waals surface area contributed by atoms with Crippen molar-refractivity contribution in [2.75, 3.05) is 0 Å². The Kier molecular flexibility index (Phi) is 10.7. The van der Waals surface area contributed by atoms with Crippen LogP contribution in [0.1, 0.15) is 0 Å². The molecule has 12 aromatic carbocycles. The molecule has 0 aliphatic carbocycles. The predicted molar refractivity (Wildman–Crippen MR) is 358 cm³/mol. The van der Waals surface area contributed by atoms with Crippen molar-refractivity contribution in [3.05, 3.63) is 285 Å². The molecule has 0 saturated heterocycles. The Morgan fingerprint density at radius 1 is 0.256 bits per heavy atom. The van der Waals surface area contributed by atoms with Crippen molar-refractivity contribution in [1.82, 2.24) is 33.6 Å². The maximum Gasteiger partial charge on any atom is 0.235 e. The summed E-state index contributed by atoms with van der Waals surface area (Å²) in [6, 6.07) is 102. The number of hydrogen-bond donors (Lipinski definition) is 0. The van der Waals surface area contributed by atoms with Gasteiger partial charge in [0, 0.05) is 59.4 Å². The summed E-state index contributed by atoms with van der Waals surface area (Å²) in [6.45, 7) is 0. The zero-order valence-corrected chi connectivity index (χ0v) is 47.0. The number of nitrogens with zero attached hydrogens (tertiary/aromatic N) is 7. The van der Waals surface area contributed by atoms with Crippen molar-refractivity contribution in [1.29, 1.82) is 0 Å². The van der Waals surface area contributed by atoms with Crippen LogP contribution in [0.15, 0.2) is 285 Å². The minimum absolute atomic E-state index is 0.643. The first kappa shape index (κ1) is 48.2. The van der Waals surface area contributed by atoms with E-state index in [2.05, 4.69) is 287 Å². The van der Waals surface area contributed by atoms with Crippen LogP contribution in [0.5, 0.6) is 0 Å². The number of hydrogen-bond acceptors (Lipinski definition) is 5. The van der Waals surface area contributed by atoms with E-state index >= 15 is 0 Å². The molecule has 18 rings (SSSR count). The molecule has 86 heavy (non-hydrogen) atoms. The van der Waals surface area contributed by atoms with Crippen LogP contribution in [0.2, 0.25) is 0 Å². The third-order valence-electron chi connectivity index (χ3n) is 17.3. The van der Waals surface area contributed by atoms with Crippen molar-refractivity contribution < 1.29 is 0 Å². The second-order valence-electron chi connectivity index (χ2n) is 22.2. The molecule has 0 N–H and O–H groups in total. The first-order chi connectivity index (χ1) is 42.6. The standard InChI is InChI=1S/C78H47N7S/c1-5-20-49(21-6-1)72-47-65-76(86-72)75(51-24-9-3-10-25-51)82-78(80-65)85-70-41-37-55(46-63(70)73-57-28-14-13-19-48(57)33-42-71(73)85)54-35-39-68-62(45-54)61-44-53(34-38-67(61)83(68)56-26-11-4-12-27-56)52-36-40-69-60(43-52)58-29-16-18-32-66(58)84(69)77-79-64-31-17-15-30-59(64)74(81-77)50-22-7-2-8-23-50/h1-47H. The zero-order chi connectivity index (χ0) is 56.4. The van der Waals surface area contributed by atoms with Gasteiger partial charge < -0.3 is 4.57 Å². The van der Waals surface area contributed by atoms with Crippen molar-refractivity contribution in [2.24, 2.45) is 0 Å². The van der Waals surface area contributed by atoms with E-state index in [9.17, 15) is 0 Å². The summed E-state index contributed by atoms with van der Waals surface area (Å²) in [5.74, 6) is 1.29. The quantitative estimate of drug-likeness (QED) is 0.152. The van der Waals surface area contributed by atoms with E-state index in [-0.39, 0.29) is 0 Å². The first-order valence-electron chi connectivity index (χ1n) is 29.0. The Hall–Kier alpha value is -11.3. The van der Waals surface area contributed by atoms with Crippen LogP contribution < -0.4 is 0 Å². The molecule has 18 aromatic rings. The minimum Gasteiger partial charge on any atom is -0.309 e. The van der Waals surface area contributed by atoms with Crippen LogP contribution in [0, 0.1) is 0 Å². The van der Waals surface area contributed by atoms with Crippen molar-refractivity contribution in [2.45, 2.75) is 0 Å². The van der Waals surface area contributed by atoms with Gasteiger partial charge >= 0.3 is 0 Å². The Morgan fingerprint density at radius 3 is 1.35 bits per heavy atom. The summed E-state index contributed by atoms with van der Waals surface area (Å²) >= 11 is 1.75. The molecule has 0 fully saturated rings. The Labute approximate surface area is 497 Å². The fourth-order valence-electron chi connectivity index (χ4n) is 13.3. The highest BCUT2D eigenvalue weighted by atomic mass is 32.1. The van der Waals surface area contributed by atoms with E-state index in [1.807, 2.05) is 12.1 Å². The van der Waals surface area contributed by atoms with Gasteiger partial charge in [-0.15, -0.1) is 11.3 Å². The summed E-state index contributed by atoms with van der Waals surface area (Å²) in [5.41, 5.74) is 19.1. The van der Waals surface area contributed by atoms with Crippen molar-refractivity contribution >= 4 is 109 Å². The average Bonchev–Trinajstić information content (AvgIpc) is 4.54. The maximum absolute atomic E-state index is 5.52. The third-order valence-corrected chi connectivity index (χ3v) is 18.5. The summed E-state index contributed by atoms with van der Waals surface area (Å²) in [6.07, 6.45) is 0. The Morgan fingerprint density at radius 2 is 0.698 bits per heavy atom. The molecule has 0 aliphatic rings. The van der Waals surface area contributed by atoms with E-state index < -0.39 is 0 Å². The number of benzene rings is 12. The zero-order valence-electron chi connectivity index (χ0n) is 46.2. The van der Waals surface area contributed by atoms with Crippen molar-refractivity contribution in [3.8, 4) is 72.8 Å². The van der Waals surface area contributed by atoms with Gasteiger partial charge in [0.05, 0.1) is 60.2 Å². The van der Waals surface area contributed by atoms with Crippen LogP contribution >= 0.6 is 11.3 Å². The van der Waals surface area contributed by atoms with Gasteiger partial charge in [0.25, 0.3) is 0 Å². The Bertz CT molecular complexity index is 5760. The predicted octanol–water partition coefficient (Wildman–Crippen LogP) is 20.4. The molecule has 0 bridgehead atoms. The fraction of sp³-hybridized carbons (Fsp3) is 0. The summed E-state index contributed by atoms with van der Waals surface area (Å²) in [5, 5.41) is 10.4. The molecular weight excluding hydrogens is 1070 g/mol. The lowest BCUT2D eigenvalue weighted by molar-refractivity contribution is 1.01. The van der Waals surface area contributed by atoms with Crippen LogP contribution in [0.3, 0.4) is 0 Å². The van der Waals surface area contributed by atoms with Gasteiger partial charge in [-0.3, -0.25) is 9.13 Å². The normalized spacial score (nSPS) is 12.0. The summed E-state index contributed by atoms with van der Waals surface area (Å²) in [4.78, 5) is 22.7. The topological polar surface area (TPSA) is 66.3 Å². The fourth-order valence-corrected chi connectivity index (χ4v) is 14.4. The lowest BCUT2D eigenvalue weighted by atomic mass is 9.98. The molecule has 0 spiro atoms. The number of aromatic nitrogens is 7. The van der Waals surface area contributed by atoms with Gasteiger partial charge in [-0.1, -0.05) is 200 Å². The summed E-state index contributed by atoms with van der Waals surface area (Å²) in [7, 11) is 0. The lowest BCUT2D eigenvalue weighted by Crippen LogP contribution is -2.03. The maximum atomic E-state index is 5.52. The molecule has 400 valence electrons. The van der Waals surface area contributed by atoms with Crippen LogP contribution in [0.4, 0.5) is 0 Å². The molecule has 0 amide bonds. The van der Waals surface area contributed by atoms with Gasteiger partial charge in [0.1, 0.15) is 0 Å². The first-order valence-corrected chi connectivity index (χ1v) is 29.8. The molecule has 0 saturated carbocycles. The third kappa shape index (κ3) is 7.53. The number of para-hydroxylation sites is 3.